The van der Waals surface area contributed by atoms with Crippen LogP contribution in [-0.2, 0) is 33.3 Å². The van der Waals surface area contributed by atoms with Gasteiger partial charge in [0.25, 0.3) is 5.67 Å². The summed E-state index contributed by atoms with van der Waals surface area (Å²) in [7, 11) is 5.05. The van der Waals surface area contributed by atoms with Gasteiger partial charge in [-0.05, 0) is 66.5 Å². The molecule has 3 aliphatic heterocycles. The number of esters is 1. The molecule has 0 bridgehead atoms. The van der Waals surface area contributed by atoms with Crippen LogP contribution in [0.5, 0.6) is 0 Å². The lowest BCUT2D eigenvalue weighted by atomic mass is 9.72. The molecular formula is C33H56FN3O10. The monoisotopic (exact) mass is 673 g/mol. The van der Waals surface area contributed by atoms with Crippen molar-refractivity contribution in [2.24, 2.45) is 28.8 Å². The van der Waals surface area contributed by atoms with Gasteiger partial charge in [0.2, 0.25) is 0 Å². The summed E-state index contributed by atoms with van der Waals surface area (Å²) in [6.45, 7) is 17.7. The highest BCUT2D eigenvalue weighted by atomic mass is 19.1. The summed E-state index contributed by atoms with van der Waals surface area (Å²) in [5.41, 5.74) is -6.17. The van der Waals surface area contributed by atoms with E-state index >= 15 is 4.39 Å². The van der Waals surface area contributed by atoms with Crippen LogP contribution in [0.2, 0.25) is 0 Å². The number of aliphatic hydroxyl groups is 2. The van der Waals surface area contributed by atoms with Crippen LogP contribution in [-0.4, -0.2) is 132 Å². The maximum Gasteiger partial charge on any atom is 0.431 e. The first-order chi connectivity index (χ1) is 21.6. The maximum atomic E-state index is 16.6. The number of ether oxygens (including phenoxy) is 5. The molecule has 0 aromatic rings. The van der Waals surface area contributed by atoms with Gasteiger partial charge in [0, 0.05) is 31.7 Å². The summed E-state index contributed by atoms with van der Waals surface area (Å²) in [6.07, 6.45) is -6.59. The number of fused-ring (bicyclic) bond motifs is 1. The second kappa shape index (κ2) is 14.3. The van der Waals surface area contributed by atoms with Crippen molar-refractivity contribution in [3.8, 4) is 0 Å². The Morgan fingerprint density at radius 3 is 2.19 bits per heavy atom. The normalized spacial score (nSPS) is 45.8. The number of hydrazone groups is 1. The van der Waals surface area contributed by atoms with Crippen LogP contribution in [0.25, 0.3) is 0 Å². The first-order valence-electron chi connectivity index (χ1n) is 16.4. The number of nitrogens with zero attached hydrogens (tertiary/aromatic N) is 3. The van der Waals surface area contributed by atoms with Crippen LogP contribution in [0.4, 0.5) is 9.18 Å². The van der Waals surface area contributed by atoms with Crippen molar-refractivity contribution in [1.82, 2.24) is 9.91 Å². The SMILES string of the molecule is C=NN1C(=O)O[C@]2(C)[C@@H](C(C)C)OC(=O)[C@@](C)(F)C(=O)[C@H](C)[C@@H](O[C@@H]3O[C@H](C)C[C@H](N(C)C)[C@H]3O)[C@@](C)(OC)C[C@@H](C)C(O)[C@H](C)[C@@H]12. The van der Waals surface area contributed by atoms with E-state index in [-0.39, 0.29) is 18.6 Å². The molecule has 0 radical (unpaired) electrons. The molecule has 0 aliphatic carbocycles. The minimum Gasteiger partial charge on any atom is -0.455 e. The van der Waals surface area contributed by atoms with Crippen molar-refractivity contribution >= 4 is 24.6 Å². The fourth-order valence-corrected chi connectivity index (χ4v) is 7.95. The molecule has 3 saturated heterocycles. The van der Waals surface area contributed by atoms with E-state index in [9.17, 15) is 24.6 Å². The van der Waals surface area contributed by atoms with Crippen LogP contribution >= 0.6 is 0 Å². The van der Waals surface area contributed by atoms with Gasteiger partial charge >= 0.3 is 12.1 Å². The smallest absolute Gasteiger partial charge is 0.431 e. The van der Waals surface area contributed by atoms with Crippen molar-refractivity contribution < 1.29 is 52.7 Å². The molecule has 2 N–H and O–H groups in total. The second-order valence-electron chi connectivity index (χ2n) is 14.9. The molecule has 3 heterocycles. The number of carbonyl (C=O) groups is 3. The van der Waals surface area contributed by atoms with E-state index in [1.54, 1.807) is 41.5 Å². The van der Waals surface area contributed by atoms with Crippen molar-refractivity contribution in [2.75, 3.05) is 21.2 Å². The number of hydrogen-bond acceptors (Lipinski definition) is 12. The fourth-order valence-electron chi connectivity index (χ4n) is 7.95. The van der Waals surface area contributed by atoms with Gasteiger partial charge in [-0.25, -0.2) is 14.0 Å². The zero-order chi connectivity index (χ0) is 36.0. The van der Waals surface area contributed by atoms with Gasteiger partial charge in [-0.2, -0.15) is 10.1 Å². The quantitative estimate of drug-likeness (QED) is 0.243. The zero-order valence-corrected chi connectivity index (χ0v) is 29.9. The number of Topliss-reactive ketones (excluding diaryl/α,β-unsaturated/α-hetero) is 1. The Kier molecular flexibility index (Phi) is 11.9. The number of aliphatic hydroxyl groups excluding tert-OH is 2. The van der Waals surface area contributed by atoms with Crippen LogP contribution in [0.15, 0.2) is 5.10 Å². The van der Waals surface area contributed by atoms with E-state index in [4.69, 9.17) is 23.7 Å². The number of halogens is 1. The predicted octanol–water partition coefficient (Wildman–Crippen LogP) is 2.94. The van der Waals surface area contributed by atoms with E-state index in [0.717, 1.165) is 11.9 Å². The molecule has 3 fully saturated rings. The molecule has 3 aliphatic rings. The number of methoxy groups -OCH3 is 1. The molecule has 270 valence electrons. The second-order valence-corrected chi connectivity index (χ2v) is 14.9. The van der Waals surface area contributed by atoms with Gasteiger partial charge in [-0.15, -0.1) is 0 Å². The van der Waals surface area contributed by atoms with Gasteiger partial charge < -0.3 is 38.8 Å². The first-order valence-corrected chi connectivity index (χ1v) is 16.4. The minimum absolute atomic E-state index is 0.0770. The van der Waals surface area contributed by atoms with Crippen molar-refractivity contribution in [2.45, 2.75) is 141 Å². The minimum atomic E-state index is -3.17. The molecule has 3 rings (SSSR count). The summed E-state index contributed by atoms with van der Waals surface area (Å²) in [5, 5.41) is 28.0. The summed E-state index contributed by atoms with van der Waals surface area (Å²) in [6, 6.07) is -1.34. The Balaban J connectivity index is 2.20. The third-order valence-electron chi connectivity index (χ3n) is 10.6. The Bertz CT molecular complexity index is 1170. The van der Waals surface area contributed by atoms with E-state index in [2.05, 4.69) is 11.8 Å². The lowest BCUT2D eigenvalue weighted by Crippen LogP contribution is -2.62. The van der Waals surface area contributed by atoms with Crippen molar-refractivity contribution in [3.63, 3.8) is 0 Å². The number of hydrogen-bond donors (Lipinski definition) is 2. The van der Waals surface area contributed by atoms with E-state index in [0.29, 0.717) is 6.42 Å². The molecule has 0 spiro atoms. The van der Waals surface area contributed by atoms with Crippen LogP contribution in [0.1, 0.15) is 75.2 Å². The Labute approximate surface area is 278 Å². The topological polar surface area (TPSA) is 157 Å². The lowest BCUT2D eigenvalue weighted by molar-refractivity contribution is -0.296. The number of likely N-dealkylation sites (N-methyl/N-ethyl adjacent to an activating group) is 1. The van der Waals surface area contributed by atoms with Crippen molar-refractivity contribution in [1.29, 1.82) is 0 Å². The standard InChI is InChI=1S/C33H56FN3O10/c1-16(2)26-33(9)24(37(35-10)30(42)47-33)19(5)22(38)17(3)15-31(7,43-13)27(20(6)25(40)32(8,34)29(41)46-26)45-28-23(39)21(36(11)12)14-18(4)44-28/h16-24,26-28,38-39H,10,14-15H2,1-9,11-13H3/t17-,18-,19+,20+,21+,22?,23-,24-,26-,27-,28+,31+,32+,33+/m1/s1. The van der Waals surface area contributed by atoms with E-state index in [1.807, 2.05) is 25.9 Å². The molecule has 1 unspecified atom stereocenters. The lowest BCUT2D eigenvalue weighted by Gasteiger charge is -2.48. The number of alkyl halides is 1. The van der Waals surface area contributed by atoms with E-state index in [1.165, 1.54) is 14.0 Å². The van der Waals surface area contributed by atoms with Crippen LogP contribution in [0.3, 0.4) is 0 Å². The highest BCUT2D eigenvalue weighted by molar-refractivity contribution is 6.07. The molecule has 14 atom stereocenters. The van der Waals surface area contributed by atoms with Gasteiger partial charge in [0.1, 0.15) is 18.2 Å². The zero-order valence-electron chi connectivity index (χ0n) is 29.9. The maximum absolute atomic E-state index is 16.6. The number of cyclic esters (lactones) is 1. The van der Waals surface area contributed by atoms with Crippen LogP contribution in [0, 0.1) is 23.7 Å². The third kappa shape index (κ3) is 7.23. The molecule has 1 amide bonds. The van der Waals surface area contributed by atoms with Gasteiger partial charge in [-0.3, -0.25) is 4.79 Å². The van der Waals surface area contributed by atoms with Gasteiger partial charge in [0.15, 0.2) is 17.7 Å². The fraction of sp³-hybridized carbons (Fsp3) is 0.879. The average molecular weight is 674 g/mol. The largest absolute Gasteiger partial charge is 0.455 e. The highest BCUT2D eigenvalue weighted by Gasteiger charge is 2.63. The molecular weight excluding hydrogens is 617 g/mol. The van der Waals surface area contributed by atoms with Gasteiger partial charge in [0.05, 0.1) is 23.9 Å². The number of rotatable bonds is 6. The molecule has 13 nitrogen and oxygen atoms in total. The first kappa shape index (κ1) is 39.2. The predicted molar refractivity (Wildman–Crippen MR) is 170 cm³/mol. The Hall–Kier alpha value is -2.23. The molecule has 0 aromatic heterocycles. The summed E-state index contributed by atoms with van der Waals surface area (Å²) in [5.74, 6) is -5.77. The number of carbonyl (C=O) groups excluding carboxylic acids is 3. The van der Waals surface area contributed by atoms with Gasteiger partial charge in [-0.1, -0.05) is 34.6 Å². The average Bonchev–Trinajstić information content (AvgIpc) is 3.26. The Morgan fingerprint density at radius 1 is 1.09 bits per heavy atom. The molecule has 47 heavy (non-hydrogen) atoms. The Morgan fingerprint density at radius 2 is 1.68 bits per heavy atom. The summed E-state index contributed by atoms with van der Waals surface area (Å²) >= 11 is 0. The molecule has 0 saturated carbocycles. The number of ketones is 1. The summed E-state index contributed by atoms with van der Waals surface area (Å²) < 4.78 is 46.7. The highest BCUT2D eigenvalue weighted by Crippen LogP contribution is 2.45. The third-order valence-corrected chi connectivity index (χ3v) is 10.6. The molecule has 14 heteroatoms. The van der Waals surface area contributed by atoms with Crippen molar-refractivity contribution in [3.05, 3.63) is 0 Å². The summed E-state index contributed by atoms with van der Waals surface area (Å²) in [4.78, 5) is 42.7. The molecule has 0 aromatic carbocycles. The van der Waals surface area contributed by atoms with Crippen LogP contribution < -0.4 is 0 Å². The number of amides is 1. The van der Waals surface area contributed by atoms with E-state index < -0.39 is 95.1 Å².